The van der Waals surface area contributed by atoms with Crippen LogP contribution in [0.1, 0.15) is 28.7 Å². The van der Waals surface area contributed by atoms with E-state index in [1.165, 1.54) is 0 Å². The Hall–Kier alpha value is -1.28. The van der Waals surface area contributed by atoms with Gasteiger partial charge in [0.05, 0.1) is 35.6 Å². The van der Waals surface area contributed by atoms with Gasteiger partial charge in [-0.1, -0.05) is 0 Å². The van der Waals surface area contributed by atoms with Crippen LogP contribution in [-0.2, 0) is 11.3 Å². The Balaban J connectivity index is 2.43. The van der Waals surface area contributed by atoms with Gasteiger partial charge in [0, 0.05) is 18.5 Å². The molecule has 3 N–H and O–H groups in total. The zero-order valence-corrected chi connectivity index (χ0v) is 14.0. The molecule has 0 radical (unpaired) electrons. The number of nitrogens with one attached hydrogen (secondary N) is 1. The van der Waals surface area contributed by atoms with E-state index in [0.717, 1.165) is 27.1 Å². The van der Waals surface area contributed by atoms with Crippen molar-refractivity contribution in [1.82, 2.24) is 20.2 Å². The molecule has 0 fully saturated rings. The topological polar surface area (TPSA) is 78.0 Å². The highest BCUT2D eigenvalue weighted by Gasteiger charge is 2.21. The number of nitrogens with zero attached hydrogens (tertiary/aromatic N) is 3. The van der Waals surface area contributed by atoms with Crippen molar-refractivity contribution in [2.45, 2.75) is 26.4 Å². The van der Waals surface area contributed by atoms with Crippen molar-refractivity contribution < 1.29 is 4.74 Å². The molecule has 2 heterocycles. The normalized spacial score (nSPS) is 12.6. The van der Waals surface area contributed by atoms with Crippen LogP contribution in [0.4, 0.5) is 0 Å². The van der Waals surface area contributed by atoms with Gasteiger partial charge in [-0.25, -0.2) is 5.43 Å². The summed E-state index contributed by atoms with van der Waals surface area (Å²) >= 11 is 3.55. The van der Waals surface area contributed by atoms with Gasteiger partial charge in [0.15, 0.2) is 0 Å². The molecule has 2 rings (SSSR count). The molecule has 0 aliphatic carbocycles. The molecule has 0 spiro atoms. The first-order valence-electron chi connectivity index (χ1n) is 6.68. The van der Waals surface area contributed by atoms with Crippen LogP contribution < -0.4 is 11.3 Å². The lowest BCUT2D eigenvalue weighted by Gasteiger charge is -2.19. The lowest BCUT2D eigenvalue weighted by Crippen LogP contribution is -2.31. The highest BCUT2D eigenvalue weighted by atomic mass is 79.9. The maximum Gasteiger partial charge on any atom is 0.0891 e. The summed E-state index contributed by atoms with van der Waals surface area (Å²) < 4.78 is 7.93. The zero-order valence-electron chi connectivity index (χ0n) is 12.4. The Bertz CT molecular complexity index is 593. The van der Waals surface area contributed by atoms with Crippen LogP contribution >= 0.6 is 15.9 Å². The molecule has 0 aliphatic rings. The first kappa shape index (κ1) is 16.1. The van der Waals surface area contributed by atoms with E-state index >= 15 is 0 Å². The predicted molar refractivity (Wildman–Crippen MR) is 84.7 cm³/mol. The molecule has 0 amide bonds. The number of hydrazine groups is 1. The van der Waals surface area contributed by atoms with Crippen LogP contribution in [0, 0.1) is 13.8 Å². The van der Waals surface area contributed by atoms with Gasteiger partial charge in [0.2, 0.25) is 0 Å². The fraction of sp³-hybridized carbons (Fsp3) is 0.429. The number of methoxy groups -OCH3 is 1. The quantitative estimate of drug-likeness (QED) is 0.612. The van der Waals surface area contributed by atoms with Crippen LogP contribution in [0.3, 0.4) is 0 Å². The molecule has 6 nitrogen and oxygen atoms in total. The zero-order chi connectivity index (χ0) is 15.4. The fourth-order valence-corrected chi connectivity index (χ4v) is 2.91. The second kappa shape index (κ2) is 7.13. The van der Waals surface area contributed by atoms with E-state index in [9.17, 15) is 0 Å². The number of hydrogen-bond acceptors (Lipinski definition) is 5. The monoisotopic (exact) mass is 353 g/mol. The molecule has 2 aromatic heterocycles. The Morgan fingerprint density at radius 3 is 2.62 bits per heavy atom. The molecular weight excluding hydrogens is 334 g/mol. The van der Waals surface area contributed by atoms with Gasteiger partial charge in [-0.15, -0.1) is 0 Å². The Kier molecular flexibility index (Phi) is 5.46. The SMILES string of the molecule is COCCn1ncc(Br)c1C(NN)c1cc(C)nc(C)c1. The Morgan fingerprint density at radius 2 is 2.05 bits per heavy atom. The fourth-order valence-electron chi connectivity index (χ4n) is 2.38. The molecule has 0 bridgehead atoms. The van der Waals surface area contributed by atoms with Gasteiger partial charge in [-0.3, -0.25) is 15.5 Å². The van der Waals surface area contributed by atoms with E-state index in [1.54, 1.807) is 13.3 Å². The molecule has 0 aliphatic heterocycles. The van der Waals surface area contributed by atoms with E-state index in [1.807, 2.05) is 30.7 Å². The minimum absolute atomic E-state index is 0.167. The van der Waals surface area contributed by atoms with Gasteiger partial charge >= 0.3 is 0 Å². The minimum atomic E-state index is -0.167. The third kappa shape index (κ3) is 3.68. The highest BCUT2D eigenvalue weighted by Crippen LogP contribution is 2.28. The molecule has 21 heavy (non-hydrogen) atoms. The van der Waals surface area contributed by atoms with E-state index in [2.05, 4.69) is 31.4 Å². The predicted octanol–water partition coefficient (Wildman–Crippen LogP) is 1.86. The molecule has 1 unspecified atom stereocenters. The molecule has 0 saturated carbocycles. The summed E-state index contributed by atoms with van der Waals surface area (Å²) in [6, 6.07) is 3.88. The largest absolute Gasteiger partial charge is 0.383 e. The third-order valence-electron chi connectivity index (χ3n) is 3.22. The summed E-state index contributed by atoms with van der Waals surface area (Å²) in [5.41, 5.74) is 6.83. The van der Waals surface area contributed by atoms with Crippen LogP contribution in [-0.4, -0.2) is 28.5 Å². The summed E-state index contributed by atoms with van der Waals surface area (Å²) in [7, 11) is 1.67. The van der Waals surface area contributed by atoms with E-state index in [-0.39, 0.29) is 6.04 Å². The second-order valence-corrected chi connectivity index (χ2v) is 5.73. The van der Waals surface area contributed by atoms with Crippen LogP contribution in [0.2, 0.25) is 0 Å². The van der Waals surface area contributed by atoms with Crippen molar-refractivity contribution in [2.75, 3.05) is 13.7 Å². The summed E-state index contributed by atoms with van der Waals surface area (Å²) in [6.45, 7) is 5.20. The summed E-state index contributed by atoms with van der Waals surface area (Å²) in [5.74, 6) is 5.80. The van der Waals surface area contributed by atoms with Crippen molar-refractivity contribution in [1.29, 1.82) is 0 Å². The summed E-state index contributed by atoms with van der Waals surface area (Å²) in [5, 5.41) is 4.37. The average molecular weight is 354 g/mol. The third-order valence-corrected chi connectivity index (χ3v) is 3.83. The molecule has 2 aromatic rings. The first-order valence-corrected chi connectivity index (χ1v) is 7.47. The number of ether oxygens (including phenoxy) is 1. The van der Waals surface area contributed by atoms with E-state index in [0.29, 0.717) is 13.2 Å². The molecule has 1 atom stereocenters. The summed E-state index contributed by atoms with van der Waals surface area (Å²) in [4.78, 5) is 4.40. The maximum absolute atomic E-state index is 5.80. The van der Waals surface area contributed by atoms with Crippen LogP contribution in [0.25, 0.3) is 0 Å². The van der Waals surface area contributed by atoms with E-state index < -0.39 is 0 Å². The smallest absolute Gasteiger partial charge is 0.0891 e. The minimum Gasteiger partial charge on any atom is -0.383 e. The van der Waals surface area contributed by atoms with Crippen molar-refractivity contribution in [2.24, 2.45) is 5.84 Å². The van der Waals surface area contributed by atoms with Crippen molar-refractivity contribution in [3.05, 3.63) is 45.4 Å². The number of halogens is 1. The van der Waals surface area contributed by atoms with Gasteiger partial charge < -0.3 is 4.74 Å². The van der Waals surface area contributed by atoms with Gasteiger partial charge in [0.1, 0.15) is 0 Å². The molecular formula is C14H20BrN5O. The average Bonchev–Trinajstić information content (AvgIpc) is 2.78. The van der Waals surface area contributed by atoms with Gasteiger partial charge in [-0.05, 0) is 47.5 Å². The Labute approximate surface area is 132 Å². The number of pyridine rings is 1. The standard InChI is InChI=1S/C14H20BrN5O/c1-9-6-11(7-10(2)18-9)13(19-16)14-12(15)8-17-20(14)4-5-21-3/h6-8,13,19H,4-5,16H2,1-3H3. The summed E-state index contributed by atoms with van der Waals surface area (Å²) in [6.07, 6.45) is 1.77. The molecule has 0 aromatic carbocycles. The van der Waals surface area contributed by atoms with Crippen LogP contribution in [0.15, 0.2) is 22.8 Å². The second-order valence-electron chi connectivity index (χ2n) is 4.88. The molecule has 114 valence electrons. The Morgan fingerprint density at radius 1 is 1.38 bits per heavy atom. The number of aryl methyl sites for hydroxylation is 2. The number of nitrogens with two attached hydrogens (primary N) is 1. The van der Waals surface area contributed by atoms with Crippen LogP contribution in [0.5, 0.6) is 0 Å². The van der Waals surface area contributed by atoms with Crippen molar-refractivity contribution in [3.63, 3.8) is 0 Å². The number of rotatable bonds is 6. The first-order chi connectivity index (χ1) is 10.1. The van der Waals surface area contributed by atoms with Crippen molar-refractivity contribution in [3.8, 4) is 0 Å². The van der Waals surface area contributed by atoms with E-state index in [4.69, 9.17) is 10.6 Å². The lowest BCUT2D eigenvalue weighted by molar-refractivity contribution is 0.182. The maximum atomic E-state index is 5.80. The van der Waals surface area contributed by atoms with Gasteiger partial charge in [-0.2, -0.15) is 5.10 Å². The number of aromatic nitrogens is 3. The lowest BCUT2D eigenvalue weighted by atomic mass is 10.0. The van der Waals surface area contributed by atoms with Gasteiger partial charge in [0.25, 0.3) is 0 Å². The van der Waals surface area contributed by atoms with Crippen molar-refractivity contribution >= 4 is 15.9 Å². The molecule has 7 heteroatoms. The number of hydrogen-bond donors (Lipinski definition) is 2. The molecule has 0 saturated heterocycles. The highest BCUT2D eigenvalue weighted by molar-refractivity contribution is 9.10.